The van der Waals surface area contributed by atoms with Crippen molar-refractivity contribution in [3.05, 3.63) is 34.9 Å². The highest BCUT2D eigenvalue weighted by Crippen LogP contribution is 2.25. The summed E-state index contributed by atoms with van der Waals surface area (Å²) in [4.78, 5) is 50.5. The molecule has 1 fully saturated rings. The van der Waals surface area contributed by atoms with Crippen LogP contribution >= 0.6 is 0 Å². The SMILES string of the molecule is Cc1ccc2c(c1)C(=O)N([C@H](C)C(=O)N[C@@H]1CCCCNC1=O)C2=O. The average molecular weight is 343 g/mol. The number of imide groups is 1. The lowest BCUT2D eigenvalue weighted by Crippen LogP contribution is -2.53. The number of hydrogen-bond donors (Lipinski definition) is 2. The molecule has 0 unspecified atom stereocenters. The summed E-state index contributed by atoms with van der Waals surface area (Å²) in [6.45, 7) is 3.93. The molecule has 1 saturated heterocycles. The molecule has 0 radical (unpaired) electrons. The average Bonchev–Trinajstić information content (AvgIpc) is 2.71. The molecule has 132 valence electrons. The Balaban J connectivity index is 1.75. The fourth-order valence-corrected chi connectivity index (χ4v) is 3.21. The van der Waals surface area contributed by atoms with Gasteiger partial charge in [0.25, 0.3) is 11.8 Å². The molecular weight excluding hydrogens is 322 g/mol. The van der Waals surface area contributed by atoms with Crippen molar-refractivity contribution in [2.24, 2.45) is 0 Å². The van der Waals surface area contributed by atoms with Crippen molar-refractivity contribution in [2.75, 3.05) is 6.54 Å². The molecule has 2 N–H and O–H groups in total. The number of rotatable bonds is 3. The maximum atomic E-state index is 12.6. The minimum absolute atomic E-state index is 0.226. The predicted octanol–water partition coefficient (Wildman–Crippen LogP) is 0.764. The fourth-order valence-electron chi connectivity index (χ4n) is 3.21. The molecule has 0 bridgehead atoms. The third-order valence-corrected chi connectivity index (χ3v) is 4.69. The van der Waals surface area contributed by atoms with Crippen LogP contribution in [-0.4, -0.2) is 47.2 Å². The zero-order chi connectivity index (χ0) is 18.1. The molecule has 0 saturated carbocycles. The number of aryl methyl sites for hydroxylation is 1. The highest BCUT2D eigenvalue weighted by atomic mass is 16.2. The fraction of sp³-hybridized carbons (Fsp3) is 0.444. The number of carbonyl (C=O) groups excluding carboxylic acids is 4. The third-order valence-electron chi connectivity index (χ3n) is 4.69. The summed E-state index contributed by atoms with van der Waals surface area (Å²) in [7, 11) is 0. The van der Waals surface area contributed by atoms with Crippen molar-refractivity contribution < 1.29 is 19.2 Å². The van der Waals surface area contributed by atoms with E-state index in [9.17, 15) is 19.2 Å². The van der Waals surface area contributed by atoms with E-state index in [2.05, 4.69) is 10.6 Å². The standard InChI is InChI=1S/C18H21N3O4/c1-10-6-7-12-13(9-10)18(25)21(17(12)24)11(2)15(22)20-14-5-3-4-8-19-16(14)23/h6-7,9,11,14H,3-5,8H2,1-2H3,(H,19,23)(H,20,22)/t11-,14-/m1/s1. The van der Waals surface area contributed by atoms with Crippen LogP contribution in [0.25, 0.3) is 0 Å². The van der Waals surface area contributed by atoms with Gasteiger partial charge >= 0.3 is 0 Å². The van der Waals surface area contributed by atoms with Crippen molar-refractivity contribution in [1.29, 1.82) is 0 Å². The molecule has 25 heavy (non-hydrogen) atoms. The molecule has 3 rings (SSSR count). The smallest absolute Gasteiger partial charge is 0.262 e. The molecule has 2 atom stereocenters. The molecular formula is C18H21N3O4. The molecule has 4 amide bonds. The van der Waals surface area contributed by atoms with E-state index < -0.39 is 29.8 Å². The zero-order valence-corrected chi connectivity index (χ0v) is 14.3. The maximum absolute atomic E-state index is 12.6. The largest absolute Gasteiger partial charge is 0.354 e. The Kier molecular flexibility index (Phi) is 4.57. The van der Waals surface area contributed by atoms with E-state index in [1.807, 2.05) is 6.92 Å². The van der Waals surface area contributed by atoms with Crippen LogP contribution < -0.4 is 10.6 Å². The second-order valence-corrected chi connectivity index (χ2v) is 6.55. The Morgan fingerprint density at radius 1 is 1.20 bits per heavy atom. The Bertz CT molecular complexity index is 759. The van der Waals surface area contributed by atoms with Gasteiger partial charge in [0.15, 0.2) is 0 Å². The van der Waals surface area contributed by atoms with Gasteiger partial charge in [-0.05, 0) is 45.2 Å². The first-order valence-corrected chi connectivity index (χ1v) is 8.47. The van der Waals surface area contributed by atoms with E-state index in [4.69, 9.17) is 0 Å². The van der Waals surface area contributed by atoms with Crippen LogP contribution in [0, 0.1) is 6.92 Å². The second-order valence-electron chi connectivity index (χ2n) is 6.55. The first kappa shape index (κ1) is 17.1. The molecule has 2 aliphatic heterocycles. The van der Waals surface area contributed by atoms with Gasteiger partial charge in [0.05, 0.1) is 11.1 Å². The molecule has 0 spiro atoms. The van der Waals surface area contributed by atoms with Gasteiger partial charge in [-0.2, -0.15) is 0 Å². The summed E-state index contributed by atoms with van der Waals surface area (Å²) in [6.07, 6.45) is 2.24. The highest BCUT2D eigenvalue weighted by molar-refractivity contribution is 6.23. The van der Waals surface area contributed by atoms with Gasteiger partial charge < -0.3 is 10.6 Å². The number of benzene rings is 1. The van der Waals surface area contributed by atoms with E-state index in [0.29, 0.717) is 24.1 Å². The van der Waals surface area contributed by atoms with Crippen LogP contribution in [0.4, 0.5) is 0 Å². The Hall–Kier alpha value is -2.70. The number of fused-ring (bicyclic) bond motifs is 1. The van der Waals surface area contributed by atoms with Crippen molar-refractivity contribution >= 4 is 23.6 Å². The first-order valence-electron chi connectivity index (χ1n) is 8.47. The molecule has 2 heterocycles. The Morgan fingerprint density at radius 3 is 2.68 bits per heavy atom. The van der Waals surface area contributed by atoms with Gasteiger partial charge in [-0.1, -0.05) is 11.6 Å². The highest BCUT2D eigenvalue weighted by Gasteiger charge is 2.41. The van der Waals surface area contributed by atoms with E-state index in [-0.39, 0.29) is 5.91 Å². The van der Waals surface area contributed by atoms with E-state index >= 15 is 0 Å². The number of nitrogens with zero attached hydrogens (tertiary/aromatic N) is 1. The topological polar surface area (TPSA) is 95.6 Å². The zero-order valence-electron chi connectivity index (χ0n) is 14.3. The van der Waals surface area contributed by atoms with Crippen LogP contribution in [0.3, 0.4) is 0 Å². The number of nitrogens with one attached hydrogen (secondary N) is 2. The summed E-state index contributed by atoms with van der Waals surface area (Å²) >= 11 is 0. The number of carbonyl (C=O) groups is 4. The molecule has 7 nitrogen and oxygen atoms in total. The van der Waals surface area contributed by atoms with Crippen molar-refractivity contribution in [1.82, 2.24) is 15.5 Å². The first-order chi connectivity index (χ1) is 11.9. The summed E-state index contributed by atoms with van der Waals surface area (Å²) in [5.74, 6) is -1.69. The second kappa shape index (κ2) is 6.66. The van der Waals surface area contributed by atoms with Gasteiger partial charge in [-0.25, -0.2) is 0 Å². The normalized spacial score (nSPS) is 21.4. The monoisotopic (exact) mass is 343 g/mol. The van der Waals surface area contributed by atoms with Crippen LogP contribution in [-0.2, 0) is 9.59 Å². The van der Waals surface area contributed by atoms with Crippen LogP contribution in [0.15, 0.2) is 18.2 Å². The Morgan fingerprint density at radius 2 is 1.92 bits per heavy atom. The number of hydrogen-bond acceptors (Lipinski definition) is 4. The molecule has 0 aromatic heterocycles. The van der Waals surface area contributed by atoms with E-state index in [1.165, 1.54) is 6.92 Å². The van der Waals surface area contributed by atoms with Gasteiger partial charge in [-0.3, -0.25) is 24.1 Å². The summed E-state index contributed by atoms with van der Waals surface area (Å²) in [5.41, 5.74) is 1.49. The van der Waals surface area contributed by atoms with Gasteiger partial charge in [0, 0.05) is 6.54 Å². The van der Waals surface area contributed by atoms with E-state index in [1.54, 1.807) is 18.2 Å². The van der Waals surface area contributed by atoms with Crippen molar-refractivity contribution in [3.63, 3.8) is 0 Å². The lowest BCUT2D eigenvalue weighted by molar-refractivity contribution is -0.130. The molecule has 1 aromatic carbocycles. The molecule has 2 aliphatic rings. The molecule has 1 aromatic rings. The van der Waals surface area contributed by atoms with Crippen LogP contribution in [0.2, 0.25) is 0 Å². The summed E-state index contributed by atoms with van der Waals surface area (Å²) in [6, 6.07) is 3.40. The molecule has 7 heteroatoms. The maximum Gasteiger partial charge on any atom is 0.262 e. The Labute approximate surface area is 145 Å². The number of amides is 4. The lowest BCUT2D eigenvalue weighted by atomic mass is 10.1. The minimum Gasteiger partial charge on any atom is -0.354 e. The summed E-state index contributed by atoms with van der Waals surface area (Å²) in [5, 5.41) is 5.41. The van der Waals surface area contributed by atoms with Gasteiger partial charge in [0.1, 0.15) is 12.1 Å². The third kappa shape index (κ3) is 3.14. The van der Waals surface area contributed by atoms with Gasteiger partial charge in [0.2, 0.25) is 11.8 Å². The van der Waals surface area contributed by atoms with Crippen LogP contribution in [0.5, 0.6) is 0 Å². The lowest BCUT2D eigenvalue weighted by Gasteiger charge is -2.24. The van der Waals surface area contributed by atoms with Crippen molar-refractivity contribution in [2.45, 2.75) is 45.2 Å². The summed E-state index contributed by atoms with van der Waals surface area (Å²) < 4.78 is 0. The van der Waals surface area contributed by atoms with Crippen molar-refractivity contribution in [3.8, 4) is 0 Å². The minimum atomic E-state index is -0.983. The van der Waals surface area contributed by atoms with Gasteiger partial charge in [-0.15, -0.1) is 0 Å². The molecule has 0 aliphatic carbocycles. The quantitative estimate of drug-likeness (QED) is 0.792. The van der Waals surface area contributed by atoms with E-state index in [0.717, 1.165) is 23.3 Å². The predicted molar refractivity (Wildman–Crippen MR) is 89.9 cm³/mol. The van der Waals surface area contributed by atoms with Crippen LogP contribution in [0.1, 0.15) is 52.5 Å².